The van der Waals surface area contributed by atoms with Crippen LogP contribution in [-0.4, -0.2) is 40.6 Å². The molecule has 0 fully saturated rings. The van der Waals surface area contributed by atoms with Crippen molar-refractivity contribution in [3.63, 3.8) is 0 Å². The zero-order valence-electron chi connectivity index (χ0n) is 14.8. The third kappa shape index (κ3) is 3.65. The van der Waals surface area contributed by atoms with Gasteiger partial charge in [0.25, 0.3) is 10.0 Å². The fourth-order valence-electron chi connectivity index (χ4n) is 3.40. The molecule has 2 aromatic rings. The summed E-state index contributed by atoms with van der Waals surface area (Å²) in [4.78, 5) is 2.54. The van der Waals surface area contributed by atoms with Gasteiger partial charge in [0.2, 0.25) is 0 Å². The van der Waals surface area contributed by atoms with Gasteiger partial charge in [0.15, 0.2) is 0 Å². The van der Waals surface area contributed by atoms with Crippen LogP contribution in [0.5, 0.6) is 5.75 Å². The first-order chi connectivity index (χ1) is 11.9. The molecule has 0 amide bonds. The molecule has 0 heterocycles. The van der Waals surface area contributed by atoms with Crippen molar-refractivity contribution >= 4 is 15.7 Å². The molecule has 1 aliphatic carbocycles. The molecule has 0 spiro atoms. The number of nitrogens with one attached hydrogen (secondary N) is 1. The highest BCUT2D eigenvalue weighted by molar-refractivity contribution is 7.92. The van der Waals surface area contributed by atoms with Crippen LogP contribution in [0.15, 0.2) is 47.4 Å². The molecule has 1 aliphatic rings. The van der Waals surface area contributed by atoms with E-state index in [1.54, 1.807) is 31.4 Å². The highest BCUT2D eigenvalue weighted by Gasteiger charge is 2.29. The number of methoxy groups -OCH3 is 1. The largest absolute Gasteiger partial charge is 0.496 e. The number of benzene rings is 2. The van der Waals surface area contributed by atoms with Gasteiger partial charge >= 0.3 is 0 Å². The van der Waals surface area contributed by atoms with Crippen LogP contribution < -0.4 is 9.46 Å². The van der Waals surface area contributed by atoms with E-state index in [4.69, 9.17) is 4.74 Å². The Morgan fingerprint density at radius 2 is 1.80 bits per heavy atom. The number of ether oxygens (including phenoxy) is 1. The number of hydrogen-bond donors (Lipinski definition) is 1. The zero-order valence-corrected chi connectivity index (χ0v) is 15.6. The molecule has 0 aliphatic heterocycles. The van der Waals surface area contributed by atoms with E-state index in [1.807, 2.05) is 18.2 Å². The highest BCUT2D eigenvalue weighted by atomic mass is 32.2. The van der Waals surface area contributed by atoms with Crippen molar-refractivity contribution in [3.05, 3.63) is 53.6 Å². The Hall–Kier alpha value is -2.05. The number of rotatable bonds is 5. The van der Waals surface area contributed by atoms with Crippen LogP contribution in [0.4, 0.5) is 5.69 Å². The Balaban J connectivity index is 2.02. The fourth-order valence-corrected chi connectivity index (χ4v) is 4.75. The molecule has 0 saturated heterocycles. The first kappa shape index (κ1) is 17.8. The first-order valence-corrected chi connectivity index (χ1v) is 9.83. The van der Waals surface area contributed by atoms with Crippen LogP contribution in [0.1, 0.15) is 17.5 Å². The summed E-state index contributed by atoms with van der Waals surface area (Å²) in [7, 11) is 2.10. The monoisotopic (exact) mass is 360 g/mol. The molecular formula is C19H24N2O3S. The van der Waals surface area contributed by atoms with Gasteiger partial charge in [0.1, 0.15) is 5.75 Å². The summed E-state index contributed by atoms with van der Waals surface area (Å²) in [6.07, 6.45) is 2.45. The number of nitrogens with zero attached hydrogens (tertiary/aromatic N) is 1. The van der Waals surface area contributed by atoms with Crippen molar-refractivity contribution in [2.45, 2.75) is 30.2 Å². The number of anilines is 1. The molecule has 0 unspecified atom stereocenters. The molecule has 0 aromatic heterocycles. The Morgan fingerprint density at radius 1 is 1.08 bits per heavy atom. The van der Waals surface area contributed by atoms with Crippen molar-refractivity contribution in [2.24, 2.45) is 0 Å². The summed E-state index contributed by atoms with van der Waals surface area (Å²) in [5, 5.41) is 0. The van der Waals surface area contributed by atoms with Crippen LogP contribution >= 0.6 is 0 Å². The van der Waals surface area contributed by atoms with E-state index in [9.17, 15) is 8.42 Å². The third-order valence-corrected chi connectivity index (χ3v) is 6.24. The molecule has 6 heteroatoms. The number of likely N-dealkylation sites (N-methyl/N-ethyl adjacent to an activating group) is 1. The minimum absolute atomic E-state index is 0.351. The maximum Gasteiger partial charge on any atom is 0.262 e. The third-order valence-electron chi connectivity index (χ3n) is 4.78. The molecule has 5 nitrogen and oxygen atoms in total. The SMILES string of the molecule is COc1ccc(S(=O)(=O)Nc2ccccc2)c2c1C[C@@H](N(C)C)CC2. The van der Waals surface area contributed by atoms with Crippen molar-refractivity contribution in [1.29, 1.82) is 0 Å². The van der Waals surface area contributed by atoms with E-state index >= 15 is 0 Å². The average Bonchev–Trinajstić information content (AvgIpc) is 2.60. The van der Waals surface area contributed by atoms with Crippen molar-refractivity contribution in [1.82, 2.24) is 4.90 Å². The van der Waals surface area contributed by atoms with E-state index in [0.29, 0.717) is 16.6 Å². The standard InChI is InChI=1S/C19H24N2O3S/c1-21(2)15-9-10-16-17(13-15)18(24-3)11-12-19(16)25(22,23)20-14-7-5-4-6-8-14/h4-8,11-12,15,20H,9-10,13H2,1-3H3/t15-/m0/s1. The van der Waals surface area contributed by atoms with E-state index in [-0.39, 0.29) is 0 Å². The van der Waals surface area contributed by atoms with Gasteiger partial charge in [0.05, 0.1) is 12.0 Å². The van der Waals surface area contributed by atoms with Gasteiger partial charge in [-0.15, -0.1) is 0 Å². The quantitative estimate of drug-likeness (QED) is 0.891. The van der Waals surface area contributed by atoms with E-state index in [1.165, 1.54) is 0 Å². The van der Waals surface area contributed by atoms with Gasteiger partial charge in [-0.1, -0.05) is 18.2 Å². The van der Waals surface area contributed by atoms with Gasteiger partial charge in [-0.25, -0.2) is 8.42 Å². The van der Waals surface area contributed by atoms with Gasteiger partial charge < -0.3 is 9.64 Å². The van der Waals surface area contributed by atoms with Crippen molar-refractivity contribution in [2.75, 3.05) is 25.9 Å². The van der Waals surface area contributed by atoms with Gasteiger partial charge in [-0.2, -0.15) is 0 Å². The zero-order chi connectivity index (χ0) is 18.0. The molecule has 3 rings (SSSR count). The number of fused-ring (bicyclic) bond motifs is 1. The minimum Gasteiger partial charge on any atom is -0.496 e. The summed E-state index contributed by atoms with van der Waals surface area (Å²) >= 11 is 0. The van der Waals surface area contributed by atoms with Crippen LogP contribution in [0.25, 0.3) is 0 Å². The number of sulfonamides is 1. The predicted octanol–water partition coefficient (Wildman–Crippen LogP) is 2.91. The van der Waals surface area contributed by atoms with Gasteiger partial charge in [0, 0.05) is 17.3 Å². The molecule has 2 aromatic carbocycles. The van der Waals surface area contributed by atoms with Crippen LogP contribution in [0.2, 0.25) is 0 Å². The van der Waals surface area contributed by atoms with Crippen LogP contribution in [0.3, 0.4) is 0 Å². The summed E-state index contributed by atoms with van der Waals surface area (Å²) in [5.74, 6) is 0.764. The topological polar surface area (TPSA) is 58.6 Å². The smallest absolute Gasteiger partial charge is 0.262 e. The molecule has 1 N–H and O–H groups in total. The highest BCUT2D eigenvalue weighted by Crippen LogP contribution is 2.35. The number of para-hydroxylation sites is 1. The molecule has 25 heavy (non-hydrogen) atoms. The molecule has 134 valence electrons. The summed E-state index contributed by atoms with van der Waals surface area (Å²) < 4.78 is 34.0. The Morgan fingerprint density at radius 3 is 2.44 bits per heavy atom. The number of hydrogen-bond acceptors (Lipinski definition) is 4. The van der Waals surface area contributed by atoms with E-state index in [0.717, 1.165) is 36.1 Å². The second kappa shape index (κ2) is 7.06. The summed E-state index contributed by atoms with van der Waals surface area (Å²) in [6.45, 7) is 0. The molecule has 0 radical (unpaired) electrons. The Labute approximate surface area is 149 Å². The lowest BCUT2D eigenvalue weighted by Gasteiger charge is -2.31. The van der Waals surface area contributed by atoms with Crippen molar-refractivity contribution < 1.29 is 13.2 Å². The van der Waals surface area contributed by atoms with Crippen LogP contribution in [-0.2, 0) is 22.9 Å². The summed E-state index contributed by atoms with van der Waals surface area (Å²) in [5.41, 5.74) is 2.44. The Bertz CT molecular complexity index is 848. The molecular weight excluding hydrogens is 336 g/mol. The van der Waals surface area contributed by atoms with Crippen molar-refractivity contribution in [3.8, 4) is 5.75 Å². The predicted molar refractivity (Wildman–Crippen MR) is 99.7 cm³/mol. The second-order valence-corrected chi connectivity index (χ2v) is 8.21. The maximum atomic E-state index is 12.9. The average molecular weight is 360 g/mol. The van der Waals surface area contributed by atoms with Crippen LogP contribution in [0, 0.1) is 0 Å². The summed E-state index contributed by atoms with van der Waals surface area (Å²) in [6, 6.07) is 12.8. The van der Waals surface area contributed by atoms with E-state index < -0.39 is 10.0 Å². The first-order valence-electron chi connectivity index (χ1n) is 8.35. The fraction of sp³-hybridized carbons (Fsp3) is 0.368. The van der Waals surface area contributed by atoms with Gasteiger partial charge in [-0.05, 0) is 63.2 Å². The molecule has 0 bridgehead atoms. The lowest BCUT2D eigenvalue weighted by molar-refractivity contribution is 0.263. The Kier molecular flexibility index (Phi) is 5.01. The minimum atomic E-state index is -3.64. The van der Waals surface area contributed by atoms with Gasteiger partial charge in [-0.3, -0.25) is 4.72 Å². The second-order valence-electron chi connectivity index (χ2n) is 6.55. The molecule has 1 atom stereocenters. The maximum absolute atomic E-state index is 12.9. The van der Waals surface area contributed by atoms with E-state index in [2.05, 4.69) is 23.7 Å². The lowest BCUT2D eigenvalue weighted by Crippen LogP contribution is -2.34. The lowest BCUT2D eigenvalue weighted by atomic mass is 9.87. The molecule has 0 saturated carbocycles. The normalized spacial score (nSPS) is 17.2.